The first-order valence-electron chi connectivity index (χ1n) is 4.43. The summed E-state index contributed by atoms with van der Waals surface area (Å²) in [6.07, 6.45) is 0. The van der Waals surface area contributed by atoms with E-state index in [1.165, 1.54) is 6.07 Å². The van der Waals surface area contributed by atoms with Crippen LogP contribution in [0.4, 0.5) is 0 Å². The minimum atomic E-state index is -0.0171. The van der Waals surface area contributed by atoms with Crippen molar-refractivity contribution >= 4 is 21.9 Å². The predicted octanol–water partition coefficient (Wildman–Crippen LogP) is 3.73. The van der Waals surface area contributed by atoms with Crippen molar-refractivity contribution in [3.8, 4) is 5.75 Å². The van der Waals surface area contributed by atoms with Crippen LogP contribution in [-0.2, 0) is 5.11 Å². The molecule has 0 saturated carbocycles. The van der Waals surface area contributed by atoms with Gasteiger partial charge >= 0.3 is 0 Å². The second kappa shape index (κ2) is 2.51. The smallest absolute Gasteiger partial charge is 0.182 e. The molecule has 2 heteroatoms. The minimum Gasteiger partial charge on any atom is -0.456 e. The molecule has 0 fully saturated rings. The topological polar surface area (TPSA) is 33.0 Å². The molecule has 2 aromatic carbocycles. The van der Waals surface area contributed by atoms with Crippen LogP contribution >= 0.6 is 0 Å². The van der Waals surface area contributed by atoms with E-state index in [1.54, 1.807) is 6.07 Å². The van der Waals surface area contributed by atoms with E-state index in [4.69, 9.17) is 4.42 Å². The Hall–Kier alpha value is -1.96. The van der Waals surface area contributed by atoms with Crippen LogP contribution in [-0.4, -0.2) is 0 Å². The van der Waals surface area contributed by atoms with Crippen molar-refractivity contribution in [1.82, 2.24) is 0 Å². The molecule has 1 heterocycles. The van der Waals surface area contributed by atoms with Gasteiger partial charge in [-0.2, -0.15) is 0 Å². The van der Waals surface area contributed by atoms with Crippen molar-refractivity contribution in [2.45, 2.75) is 0 Å². The van der Waals surface area contributed by atoms with Gasteiger partial charge in [0.05, 0.1) is 0 Å². The fourth-order valence-electron chi connectivity index (χ4n) is 1.71. The summed E-state index contributed by atoms with van der Waals surface area (Å²) in [6.45, 7) is 0. The Morgan fingerprint density at radius 2 is 1.64 bits per heavy atom. The van der Waals surface area contributed by atoms with Gasteiger partial charge < -0.3 is 4.42 Å². The SMILES string of the molecule is [O]c1ccc2c(c1)oc1ccccc12. The van der Waals surface area contributed by atoms with Crippen molar-refractivity contribution in [3.63, 3.8) is 0 Å². The molecule has 3 rings (SSSR count). The number of fused-ring (bicyclic) bond motifs is 3. The van der Waals surface area contributed by atoms with Crippen molar-refractivity contribution in [3.05, 3.63) is 42.5 Å². The van der Waals surface area contributed by atoms with Gasteiger partial charge in [-0.3, -0.25) is 5.11 Å². The zero-order valence-corrected chi connectivity index (χ0v) is 7.36. The van der Waals surface area contributed by atoms with Gasteiger partial charge in [0.2, 0.25) is 0 Å². The van der Waals surface area contributed by atoms with Gasteiger partial charge in [0, 0.05) is 16.8 Å². The van der Waals surface area contributed by atoms with Crippen molar-refractivity contribution in [2.24, 2.45) is 0 Å². The lowest BCUT2D eigenvalue weighted by Gasteiger charge is -1.87. The molecule has 3 aromatic rings. The highest BCUT2D eigenvalue weighted by molar-refractivity contribution is 6.05. The highest BCUT2D eigenvalue weighted by Crippen LogP contribution is 2.30. The molecule has 0 aliphatic rings. The van der Waals surface area contributed by atoms with E-state index >= 15 is 0 Å². The molecule has 0 aliphatic heterocycles. The van der Waals surface area contributed by atoms with Crippen molar-refractivity contribution in [1.29, 1.82) is 0 Å². The number of hydrogen-bond acceptors (Lipinski definition) is 1. The quantitative estimate of drug-likeness (QED) is 0.522. The summed E-state index contributed by atoms with van der Waals surface area (Å²) in [4.78, 5) is 0. The average molecular weight is 183 g/mol. The molecule has 0 unspecified atom stereocenters. The molecule has 0 atom stereocenters. The molecule has 0 aliphatic carbocycles. The Kier molecular flexibility index (Phi) is 1.34. The van der Waals surface area contributed by atoms with E-state index < -0.39 is 0 Å². The van der Waals surface area contributed by atoms with Gasteiger partial charge in [-0.15, -0.1) is 0 Å². The summed E-state index contributed by atoms with van der Waals surface area (Å²) in [5.74, 6) is -0.0171. The van der Waals surface area contributed by atoms with Gasteiger partial charge in [-0.1, -0.05) is 18.2 Å². The zero-order valence-electron chi connectivity index (χ0n) is 7.36. The maximum absolute atomic E-state index is 11.1. The largest absolute Gasteiger partial charge is 0.456 e. The Labute approximate surface area is 80.4 Å². The second-order valence-corrected chi connectivity index (χ2v) is 3.26. The molecule has 67 valence electrons. The van der Waals surface area contributed by atoms with Crippen LogP contribution in [0.3, 0.4) is 0 Å². The summed E-state index contributed by atoms with van der Waals surface area (Å²) in [7, 11) is 0. The first-order valence-corrected chi connectivity index (χ1v) is 4.43. The van der Waals surface area contributed by atoms with E-state index in [9.17, 15) is 5.11 Å². The summed E-state index contributed by atoms with van der Waals surface area (Å²) in [6, 6.07) is 12.7. The summed E-state index contributed by atoms with van der Waals surface area (Å²) < 4.78 is 5.53. The number of furan rings is 1. The fraction of sp³-hybridized carbons (Fsp3) is 0. The molecule has 1 aromatic heterocycles. The minimum absolute atomic E-state index is 0.0171. The third-order valence-corrected chi connectivity index (χ3v) is 2.35. The van der Waals surface area contributed by atoms with Crippen LogP contribution in [0.1, 0.15) is 0 Å². The standard InChI is InChI=1S/C12H7O2/c13-8-5-6-10-9-3-1-2-4-11(9)14-12(10)7-8/h1-7H. The number of rotatable bonds is 0. The molecule has 14 heavy (non-hydrogen) atoms. The van der Waals surface area contributed by atoms with Gasteiger partial charge in [0.15, 0.2) is 5.75 Å². The van der Waals surface area contributed by atoms with Gasteiger partial charge in [0.25, 0.3) is 0 Å². The molecular weight excluding hydrogens is 176 g/mol. The number of para-hydroxylation sites is 1. The molecule has 1 radical (unpaired) electrons. The third-order valence-electron chi connectivity index (χ3n) is 2.35. The summed E-state index contributed by atoms with van der Waals surface area (Å²) >= 11 is 0. The predicted molar refractivity (Wildman–Crippen MR) is 53.9 cm³/mol. The Bertz CT molecular complexity index is 608. The summed E-state index contributed by atoms with van der Waals surface area (Å²) in [5.41, 5.74) is 1.49. The maximum Gasteiger partial charge on any atom is 0.182 e. The normalized spacial score (nSPS) is 11.1. The fourth-order valence-corrected chi connectivity index (χ4v) is 1.71. The van der Waals surface area contributed by atoms with Crippen molar-refractivity contribution in [2.75, 3.05) is 0 Å². The van der Waals surface area contributed by atoms with E-state index in [1.807, 2.05) is 30.3 Å². The third kappa shape index (κ3) is 0.909. The molecule has 0 amide bonds. The first kappa shape index (κ1) is 7.44. The van der Waals surface area contributed by atoms with E-state index in [-0.39, 0.29) is 5.75 Å². The molecule has 0 saturated heterocycles. The van der Waals surface area contributed by atoms with E-state index in [0.717, 1.165) is 16.4 Å². The lowest BCUT2D eigenvalue weighted by molar-refractivity contribution is 0.355. The molecule has 0 N–H and O–H groups in total. The van der Waals surface area contributed by atoms with Crippen LogP contribution in [0, 0.1) is 0 Å². The Morgan fingerprint density at radius 3 is 2.57 bits per heavy atom. The molecular formula is C12H7O2. The van der Waals surface area contributed by atoms with Crippen LogP contribution < -0.4 is 0 Å². The van der Waals surface area contributed by atoms with Crippen molar-refractivity contribution < 1.29 is 9.52 Å². The highest BCUT2D eigenvalue weighted by Gasteiger charge is 2.06. The second-order valence-electron chi connectivity index (χ2n) is 3.26. The van der Waals surface area contributed by atoms with Crippen LogP contribution in [0.15, 0.2) is 46.9 Å². The van der Waals surface area contributed by atoms with Gasteiger partial charge in [0.1, 0.15) is 11.2 Å². The average Bonchev–Trinajstić information content (AvgIpc) is 2.54. The molecule has 2 nitrogen and oxygen atoms in total. The molecule has 0 spiro atoms. The van der Waals surface area contributed by atoms with Crippen LogP contribution in [0.2, 0.25) is 0 Å². The molecule has 0 bridgehead atoms. The van der Waals surface area contributed by atoms with Gasteiger partial charge in [-0.25, -0.2) is 0 Å². The maximum atomic E-state index is 11.1. The number of hydrogen-bond donors (Lipinski definition) is 0. The van der Waals surface area contributed by atoms with Crippen LogP contribution in [0.5, 0.6) is 5.75 Å². The van der Waals surface area contributed by atoms with Gasteiger partial charge in [-0.05, 0) is 18.2 Å². The van der Waals surface area contributed by atoms with E-state index in [0.29, 0.717) is 5.58 Å². The number of benzene rings is 2. The highest BCUT2D eigenvalue weighted by atomic mass is 16.3. The lowest BCUT2D eigenvalue weighted by Crippen LogP contribution is -1.64. The lowest BCUT2D eigenvalue weighted by atomic mass is 10.1. The monoisotopic (exact) mass is 183 g/mol. The van der Waals surface area contributed by atoms with E-state index in [2.05, 4.69) is 0 Å². The zero-order chi connectivity index (χ0) is 9.54. The first-order chi connectivity index (χ1) is 6.84. The summed E-state index contributed by atoms with van der Waals surface area (Å²) in [5, 5.41) is 13.2. The Balaban J connectivity index is 2.57. The van der Waals surface area contributed by atoms with Crippen LogP contribution in [0.25, 0.3) is 21.9 Å². The Morgan fingerprint density at radius 1 is 0.857 bits per heavy atom.